The summed E-state index contributed by atoms with van der Waals surface area (Å²) in [4.78, 5) is 15.0. The van der Waals surface area contributed by atoms with Crippen LogP contribution in [-0.4, -0.2) is 55.6 Å². The molecule has 2 heterocycles. The van der Waals surface area contributed by atoms with Gasteiger partial charge in [-0.05, 0) is 62.8 Å². The predicted molar refractivity (Wildman–Crippen MR) is 111 cm³/mol. The van der Waals surface area contributed by atoms with Gasteiger partial charge in [0.15, 0.2) is 5.76 Å². The fraction of sp³-hybridized carbons (Fsp3) is 0.609. The first-order chi connectivity index (χ1) is 14.2. The minimum atomic E-state index is -0.507. The molecule has 1 aromatic carbocycles. The number of likely N-dealkylation sites (tertiary alicyclic amines) is 1. The third kappa shape index (κ3) is 5.31. The lowest BCUT2D eigenvalue weighted by molar-refractivity contribution is -0.170. The van der Waals surface area contributed by atoms with E-state index in [1.807, 2.05) is 42.2 Å². The van der Waals surface area contributed by atoms with E-state index in [0.29, 0.717) is 18.8 Å². The molecule has 6 heteroatoms. The Labute approximate surface area is 173 Å². The fourth-order valence-electron chi connectivity index (χ4n) is 4.22. The lowest BCUT2D eigenvalue weighted by Gasteiger charge is -2.38. The monoisotopic (exact) mass is 403 g/mol. The standard InChI is InChI=1S/C23H33NO5/c1-3-28-23-19(8-7-15-25)20(17-9-11-18(27-2)12-10-17)16-21(29-23)22(26)24-13-5-4-6-14-24/h9-12,16,19-20,23,25H,3-8,13-15H2,1-2H3/t19-,20-,23-/m0/s1. The van der Waals surface area contributed by atoms with Crippen molar-refractivity contribution < 1.29 is 24.1 Å². The predicted octanol–water partition coefficient (Wildman–Crippen LogP) is 3.46. The second-order valence-electron chi connectivity index (χ2n) is 7.65. The zero-order chi connectivity index (χ0) is 20.6. The van der Waals surface area contributed by atoms with Crippen LogP contribution in [-0.2, 0) is 14.3 Å². The number of methoxy groups -OCH3 is 1. The second kappa shape index (κ2) is 10.6. The SMILES string of the molecule is CCO[C@H]1OC(C(=O)N2CCCCC2)=C[C@@H](c2ccc(OC)cc2)[C@@H]1CCCO. The number of amides is 1. The number of rotatable bonds is 8. The smallest absolute Gasteiger partial charge is 0.288 e. The van der Waals surface area contributed by atoms with Crippen LogP contribution in [0.5, 0.6) is 5.75 Å². The van der Waals surface area contributed by atoms with Crippen LogP contribution in [0.15, 0.2) is 36.1 Å². The number of aliphatic hydroxyl groups is 1. The van der Waals surface area contributed by atoms with Gasteiger partial charge in [0.2, 0.25) is 6.29 Å². The molecule has 0 aromatic heterocycles. The Morgan fingerprint density at radius 3 is 2.55 bits per heavy atom. The largest absolute Gasteiger partial charge is 0.497 e. The minimum Gasteiger partial charge on any atom is -0.497 e. The van der Waals surface area contributed by atoms with Gasteiger partial charge in [-0.1, -0.05) is 12.1 Å². The number of aliphatic hydroxyl groups excluding tert-OH is 1. The minimum absolute atomic E-state index is 0.0217. The first-order valence-corrected chi connectivity index (χ1v) is 10.7. The van der Waals surface area contributed by atoms with Gasteiger partial charge in [0.25, 0.3) is 5.91 Å². The molecule has 0 bridgehead atoms. The summed E-state index contributed by atoms with van der Waals surface area (Å²) in [5.41, 5.74) is 1.09. The molecule has 0 spiro atoms. The van der Waals surface area contributed by atoms with Gasteiger partial charge in [0, 0.05) is 38.1 Å². The molecule has 0 unspecified atom stereocenters. The highest BCUT2D eigenvalue weighted by Gasteiger charge is 2.38. The normalized spacial score (nSPS) is 24.6. The van der Waals surface area contributed by atoms with Gasteiger partial charge in [0.1, 0.15) is 5.75 Å². The lowest BCUT2D eigenvalue weighted by Crippen LogP contribution is -2.42. The van der Waals surface area contributed by atoms with Gasteiger partial charge in [0.05, 0.1) is 7.11 Å². The van der Waals surface area contributed by atoms with Crippen molar-refractivity contribution in [3.63, 3.8) is 0 Å². The summed E-state index contributed by atoms with van der Waals surface area (Å²) in [6.07, 6.45) is 6.10. The van der Waals surface area contributed by atoms with Crippen LogP contribution in [0.3, 0.4) is 0 Å². The maximum absolute atomic E-state index is 13.1. The number of hydrogen-bond donors (Lipinski definition) is 1. The van der Waals surface area contributed by atoms with Crippen molar-refractivity contribution in [3.8, 4) is 5.75 Å². The van der Waals surface area contributed by atoms with E-state index in [-0.39, 0.29) is 24.3 Å². The third-order valence-corrected chi connectivity index (χ3v) is 5.77. The number of hydrogen-bond acceptors (Lipinski definition) is 5. The molecule has 2 aliphatic rings. The molecule has 1 fully saturated rings. The summed E-state index contributed by atoms with van der Waals surface area (Å²) in [6.45, 7) is 4.11. The van der Waals surface area contributed by atoms with Crippen LogP contribution in [0.1, 0.15) is 50.5 Å². The topological polar surface area (TPSA) is 68.2 Å². The zero-order valence-corrected chi connectivity index (χ0v) is 17.5. The van der Waals surface area contributed by atoms with Gasteiger partial charge in [-0.25, -0.2) is 0 Å². The summed E-state index contributed by atoms with van der Waals surface area (Å²) < 4.78 is 17.3. The molecule has 3 rings (SSSR count). The van der Waals surface area contributed by atoms with Crippen molar-refractivity contribution >= 4 is 5.91 Å². The van der Waals surface area contributed by atoms with E-state index in [2.05, 4.69) is 0 Å². The van der Waals surface area contributed by atoms with Gasteiger partial charge >= 0.3 is 0 Å². The van der Waals surface area contributed by atoms with Crippen molar-refractivity contribution in [2.45, 2.75) is 51.2 Å². The molecule has 29 heavy (non-hydrogen) atoms. The van der Waals surface area contributed by atoms with Crippen LogP contribution in [0, 0.1) is 5.92 Å². The second-order valence-corrected chi connectivity index (χ2v) is 7.65. The fourth-order valence-corrected chi connectivity index (χ4v) is 4.22. The van der Waals surface area contributed by atoms with Crippen LogP contribution < -0.4 is 4.74 Å². The molecule has 0 saturated carbocycles. The highest BCUT2D eigenvalue weighted by atomic mass is 16.7. The van der Waals surface area contributed by atoms with Gasteiger partial charge in [-0.3, -0.25) is 4.79 Å². The molecular weight excluding hydrogens is 370 g/mol. The van der Waals surface area contributed by atoms with Gasteiger partial charge in [-0.2, -0.15) is 0 Å². The molecule has 0 aliphatic carbocycles. The first kappa shape index (κ1) is 21.7. The van der Waals surface area contributed by atoms with E-state index in [1.54, 1.807) is 7.11 Å². The van der Waals surface area contributed by atoms with Crippen LogP contribution >= 0.6 is 0 Å². The van der Waals surface area contributed by atoms with Gasteiger partial charge in [-0.15, -0.1) is 0 Å². The van der Waals surface area contributed by atoms with E-state index >= 15 is 0 Å². The molecule has 3 atom stereocenters. The number of allylic oxidation sites excluding steroid dienone is 1. The summed E-state index contributed by atoms with van der Waals surface area (Å²) in [5.74, 6) is 1.12. The average Bonchev–Trinajstić information content (AvgIpc) is 2.78. The number of ether oxygens (including phenoxy) is 3. The molecule has 2 aliphatic heterocycles. The molecule has 1 aromatic rings. The highest BCUT2D eigenvalue weighted by molar-refractivity contribution is 5.91. The maximum atomic E-state index is 13.1. The van der Waals surface area contributed by atoms with Crippen molar-refractivity contribution in [3.05, 3.63) is 41.7 Å². The summed E-state index contributed by atoms with van der Waals surface area (Å²) in [5, 5.41) is 9.37. The Balaban J connectivity index is 1.92. The van der Waals surface area contributed by atoms with E-state index in [9.17, 15) is 9.90 Å². The first-order valence-electron chi connectivity index (χ1n) is 10.7. The number of carbonyl (C=O) groups is 1. The van der Waals surface area contributed by atoms with Crippen molar-refractivity contribution in [1.82, 2.24) is 4.90 Å². The van der Waals surface area contributed by atoms with Crippen LogP contribution in [0.25, 0.3) is 0 Å². The highest BCUT2D eigenvalue weighted by Crippen LogP contribution is 2.40. The van der Waals surface area contributed by atoms with E-state index in [4.69, 9.17) is 14.2 Å². The molecule has 0 radical (unpaired) electrons. The number of carbonyl (C=O) groups excluding carboxylic acids is 1. The van der Waals surface area contributed by atoms with Gasteiger partial charge < -0.3 is 24.2 Å². The Bertz CT molecular complexity index is 681. The average molecular weight is 404 g/mol. The summed E-state index contributed by atoms with van der Waals surface area (Å²) in [7, 11) is 1.65. The molecule has 1 N–H and O–H groups in total. The molecular formula is C23H33NO5. The van der Waals surface area contributed by atoms with Crippen molar-refractivity contribution in [1.29, 1.82) is 0 Å². The Morgan fingerprint density at radius 1 is 1.21 bits per heavy atom. The number of benzene rings is 1. The summed E-state index contributed by atoms with van der Waals surface area (Å²) in [6, 6.07) is 7.93. The summed E-state index contributed by atoms with van der Waals surface area (Å²) >= 11 is 0. The molecule has 1 saturated heterocycles. The Hall–Kier alpha value is -2.05. The van der Waals surface area contributed by atoms with Crippen LogP contribution in [0.4, 0.5) is 0 Å². The third-order valence-electron chi connectivity index (χ3n) is 5.77. The van der Waals surface area contributed by atoms with Crippen molar-refractivity contribution in [2.24, 2.45) is 5.92 Å². The number of piperidine rings is 1. The molecule has 6 nitrogen and oxygen atoms in total. The van der Waals surface area contributed by atoms with E-state index < -0.39 is 6.29 Å². The zero-order valence-electron chi connectivity index (χ0n) is 17.5. The lowest BCUT2D eigenvalue weighted by atomic mass is 9.80. The van der Waals surface area contributed by atoms with Crippen LogP contribution in [0.2, 0.25) is 0 Å². The molecule has 1 amide bonds. The van der Waals surface area contributed by atoms with E-state index in [1.165, 1.54) is 6.42 Å². The Kier molecular flexibility index (Phi) is 7.95. The Morgan fingerprint density at radius 2 is 1.93 bits per heavy atom. The van der Waals surface area contributed by atoms with Crippen molar-refractivity contribution in [2.75, 3.05) is 33.4 Å². The number of nitrogens with zero attached hydrogens (tertiary/aromatic N) is 1. The van der Waals surface area contributed by atoms with E-state index in [0.717, 1.165) is 43.7 Å². The molecule has 160 valence electrons. The quantitative estimate of drug-likeness (QED) is 0.720. The maximum Gasteiger partial charge on any atom is 0.288 e.